The first-order valence-electron chi connectivity index (χ1n) is 5.59. The molecule has 0 amide bonds. The Morgan fingerprint density at radius 2 is 2.06 bits per heavy atom. The second-order valence-corrected chi connectivity index (χ2v) is 3.97. The maximum absolute atomic E-state index is 10.8. The first-order chi connectivity index (χ1) is 8.66. The van der Waals surface area contributed by atoms with Gasteiger partial charge in [0.25, 0.3) is 5.69 Å². The number of nitro groups is 1. The van der Waals surface area contributed by atoms with Crippen molar-refractivity contribution in [2.45, 2.75) is 12.8 Å². The minimum atomic E-state index is -0.459. The van der Waals surface area contributed by atoms with Crippen LogP contribution in [0.1, 0.15) is 11.3 Å². The Balaban J connectivity index is 2.11. The number of anilines is 1. The highest BCUT2D eigenvalue weighted by Crippen LogP contribution is 2.22. The van der Waals surface area contributed by atoms with Crippen LogP contribution in [0, 0.1) is 10.1 Å². The molecule has 0 aliphatic heterocycles. The van der Waals surface area contributed by atoms with E-state index >= 15 is 0 Å². The summed E-state index contributed by atoms with van der Waals surface area (Å²) in [7, 11) is 0. The number of nitrogens with zero attached hydrogens (tertiary/aromatic N) is 2. The van der Waals surface area contributed by atoms with Crippen molar-refractivity contribution in [3.05, 3.63) is 64.0 Å². The van der Waals surface area contributed by atoms with Crippen molar-refractivity contribution >= 4 is 11.4 Å². The van der Waals surface area contributed by atoms with E-state index in [-0.39, 0.29) is 11.4 Å². The summed E-state index contributed by atoms with van der Waals surface area (Å²) in [4.78, 5) is 14.5. The third-order valence-electron chi connectivity index (χ3n) is 2.69. The number of rotatable bonds is 4. The monoisotopic (exact) mass is 243 g/mol. The van der Waals surface area contributed by atoms with Crippen LogP contribution in [0.5, 0.6) is 0 Å². The van der Waals surface area contributed by atoms with E-state index in [1.54, 1.807) is 12.3 Å². The number of pyridine rings is 1. The van der Waals surface area contributed by atoms with Gasteiger partial charge in [0.2, 0.25) is 0 Å². The molecule has 2 aromatic rings. The molecule has 92 valence electrons. The van der Waals surface area contributed by atoms with Crippen LogP contribution < -0.4 is 5.73 Å². The van der Waals surface area contributed by atoms with Crippen molar-refractivity contribution < 1.29 is 4.92 Å². The summed E-state index contributed by atoms with van der Waals surface area (Å²) in [5.74, 6) is 0. The van der Waals surface area contributed by atoms with Crippen LogP contribution in [-0.2, 0) is 12.8 Å². The Kier molecular flexibility index (Phi) is 3.52. The van der Waals surface area contributed by atoms with E-state index in [4.69, 9.17) is 5.73 Å². The van der Waals surface area contributed by atoms with Gasteiger partial charge < -0.3 is 5.73 Å². The highest BCUT2D eigenvalue weighted by molar-refractivity contribution is 5.59. The molecule has 0 bridgehead atoms. The molecule has 0 aliphatic rings. The number of aryl methyl sites for hydroxylation is 2. The second-order valence-electron chi connectivity index (χ2n) is 3.97. The molecule has 1 aromatic carbocycles. The largest absolute Gasteiger partial charge is 0.393 e. The molecule has 5 nitrogen and oxygen atoms in total. The Morgan fingerprint density at radius 3 is 2.72 bits per heavy atom. The Labute approximate surface area is 104 Å². The number of nitrogen functional groups attached to an aromatic ring is 1. The van der Waals surface area contributed by atoms with Crippen molar-refractivity contribution in [2.24, 2.45) is 0 Å². The fraction of sp³-hybridized carbons (Fsp3) is 0.154. The number of aromatic nitrogens is 1. The zero-order valence-corrected chi connectivity index (χ0v) is 9.74. The first-order valence-corrected chi connectivity index (χ1v) is 5.59. The number of nitrogens with two attached hydrogens (primary N) is 1. The quantitative estimate of drug-likeness (QED) is 0.507. The van der Waals surface area contributed by atoms with Crippen LogP contribution in [-0.4, -0.2) is 9.91 Å². The maximum Gasteiger partial charge on any atom is 0.292 e. The highest BCUT2D eigenvalue weighted by atomic mass is 16.6. The zero-order chi connectivity index (χ0) is 13.0. The summed E-state index contributed by atoms with van der Waals surface area (Å²) in [5, 5.41) is 10.8. The molecule has 2 N–H and O–H groups in total. The lowest BCUT2D eigenvalue weighted by Gasteiger charge is -2.03. The van der Waals surface area contributed by atoms with Crippen molar-refractivity contribution in [3.8, 4) is 0 Å². The minimum absolute atomic E-state index is 0.0338. The minimum Gasteiger partial charge on any atom is -0.393 e. The molecule has 0 saturated carbocycles. The lowest BCUT2D eigenvalue weighted by Crippen LogP contribution is -1.99. The van der Waals surface area contributed by atoms with Crippen LogP contribution in [0.4, 0.5) is 11.4 Å². The van der Waals surface area contributed by atoms with E-state index in [0.29, 0.717) is 6.42 Å². The fourth-order valence-corrected chi connectivity index (χ4v) is 1.72. The van der Waals surface area contributed by atoms with Crippen LogP contribution in [0.3, 0.4) is 0 Å². The summed E-state index contributed by atoms with van der Waals surface area (Å²) in [6.07, 6.45) is 3.20. The summed E-state index contributed by atoms with van der Waals surface area (Å²) < 4.78 is 0. The van der Waals surface area contributed by atoms with Crippen LogP contribution in [0.15, 0.2) is 42.6 Å². The van der Waals surface area contributed by atoms with E-state index in [0.717, 1.165) is 17.7 Å². The van der Waals surface area contributed by atoms with Gasteiger partial charge in [0.1, 0.15) is 5.69 Å². The predicted octanol–water partition coefficient (Wildman–Crippen LogP) is 2.36. The first kappa shape index (κ1) is 12.0. The summed E-state index contributed by atoms with van der Waals surface area (Å²) in [6.45, 7) is 0. The molecule has 1 heterocycles. The van der Waals surface area contributed by atoms with Crippen molar-refractivity contribution in [3.63, 3.8) is 0 Å². The van der Waals surface area contributed by atoms with E-state index in [1.807, 2.05) is 24.3 Å². The molecule has 18 heavy (non-hydrogen) atoms. The summed E-state index contributed by atoms with van der Waals surface area (Å²) in [6, 6.07) is 10.6. The van der Waals surface area contributed by atoms with Gasteiger partial charge in [0.05, 0.1) is 4.92 Å². The van der Waals surface area contributed by atoms with Crippen molar-refractivity contribution in [1.29, 1.82) is 0 Å². The maximum atomic E-state index is 10.8. The average Bonchev–Trinajstić information content (AvgIpc) is 2.38. The molecule has 0 radical (unpaired) electrons. The van der Waals surface area contributed by atoms with E-state index < -0.39 is 4.92 Å². The fourth-order valence-electron chi connectivity index (χ4n) is 1.72. The van der Waals surface area contributed by atoms with Crippen LogP contribution in [0.25, 0.3) is 0 Å². The summed E-state index contributed by atoms with van der Waals surface area (Å²) >= 11 is 0. The standard InChI is InChI=1S/C13H13N3O2/c14-12-7-5-10(9-13(12)16(17)18)4-6-11-3-1-2-8-15-11/h1-3,5,7-9H,4,6,14H2. The zero-order valence-electron chi connectivity index (χ0n) is 9.74. The van der Waals surface area contributed by atoms with Gasteiger partial charge in [-0.25, -0.2) is 0 Å². The molecule has 0 fully saturated rings. The molecule has 0 unspecified atom stereocenters. The molecular formula is C13H13N3O2. The van der Waals surface area contributed by atoms with E-state index in [1.165, 1.54) is 6.07 Å². The van der Waals surface area contributed by atoms with Crippen molar-refractivity contribution in [1.82, 2.24) is 4.98 Å². The van der Waals surface area contributed by atoms with Gasteiger partial charge in [-0.15, -0.1) is 0 Å². The highest BCUT2D eigenvalue weighted by Gasteiger charge is 2.11. The topological polar surface area (TPSA) is 82.0 Å². The normalized spacial score (nSPS) is 10.2. The lowest BCUT2D eigenvalue weighted by atomic mass is 10.1. The number of hydrogen-bond donors (Lipinski definition) is 1. The van der Waals surface area contributed by atoms with Gasteiger partial charge in [-0.05, 0) is 36.6 Å². The van der Waals surface area contributed by atoms with Crippen LogP contribution >= 0.6 is 0 Å². The smallest absolute Gasteiger partial charge is 0.292 e. The Morgan fingerprint density at radius 1 is 1.22 bits per heavy atom. The number of benzene rings is 1. The van der Waals surface area contributed by atoms with Gasteiger partial charge in [-0.2, -0.15) is 0 Å². The molecule has 5 heteroatoms. The Hall–Kier alpha value is -2.43. The van der Waals surface area contributed by atoms with Gasteiger partial charge in [-0.3, -0.25) is 15.1 Å². The van der Waals surface area contributed by atoms with E-state index in [2.05, 4.69) is 4.98 Å². The van der Waals surface area contributed by atoms with Crippen molar-refractivity contribution in [2.75, 3.05) is 5.73 Å². The van der Waals surface area contributed by atoms with Gasteiger partial charge in [-0.1, -0.05) is 12.1 Å². The van der Waals surface area contributed by atoms with Gasteiger partial charge in [0.15, 0.2) is 0 Å². The Bertz CT molecular complexity index is 555. The molecule has 0 aliphatic carbocycles. The molecular weight excluding hydrogens is 230 g/mol. The molecule has 1 aromatic heterocycles. The molecule has 0 saturated heterocycles. The molecule has 0 atom stereocenters. The number of nitro benzene ring substituents is 1. The van der Waals surface area contributed by atoms with Gasteiger partial charge >= 0.3 is 0 Å². The van der Waals surface area contributed by atoms with Gasteiger partial charge in [0, 0.05) is 18.0 Å². The second kappa shape index (κ2) is 5.27. The predicted molar refractivity (Wildman–Crippen MR) is 69.2 cm³/mol. The average molecular weight is 243 g/mol. The van der Waals surface area contributed by atoms with E-state index in [9.17, 15) is 10.1 Å². The third kappa shape index (κ3) is 2.82. The summed E-state index contributed by atoms with van der Waals surface area (Å²) in [5.41, 5.74) is 7.57. The molecule has 2 rings (SSSR count). The van der Waals surface area contributed by atoms with Crippen LogP contribution in [0.2, 0.25) is 0 Å². The number of hydrogen-bond acceptors (Lipinski definition) is 4. The SMILES string of the molecule is Nc1ccc(CCc2ccccn2)cc1[N+](=O)[O-]. The third-order valence-corrected chi connectivity index (χ3v) is 2.69. The molecule has 0 spiro atoms. The lowest BCUT2D eigenvalue weighted by molar-refractivity contribution is -0.384.